The predicted molar refractivity (Wildman–Crippen MR) is 116 cm³/mol. The molecule has 1 saturated carbocycles. The Kier molecular flexibility index (Phi) is 6.50. The van der Waals surface area contributed by atoms with Crippen LogP contribution in [0.2, 0.25) is 0 Å². The number of carboxylic acid groups (broad SMARTS) is 1. The molecule has 2 aromatic carbocycles. The molecule has 1 aliphatic rings. The normalized spacial score (nSPS) is 13.8. The zero-order valence-corrected chi connectivity index (χ0v) is 18.0. The van der Waals surface area contributed by atoms with E-state index in [4.69, 9.17) is 9.84 Å². The Labute approximate surface area is 187 Å². The van der Waals surface area contributed by atoms with E-state index in [0.29, 0.717) is 36.6 Å². The summed E-state index contributed by atoms with van der Waals surface area (Å²) in [7, 11) is 0. The Bertz CT molecular complexity index is 1110. The topological polar surface area (TPSA) is 59.4 Å². The lowest BCUT2D eigenvalue weighted by atomic mass is 10.0. The molecule has 0 unspecified atom stereocenters. The lowest BCUT2D eigenvalue weighted by Gasteiger charge is -2.12. The summed E-state index contributed by atoms with van der Waals surface area (Å²) in [5.74, 6) is 0.311. The van der Waals surface area contributed by atoms with Gasteiger partial charge in [0.1, 0.15) is 5.75 Å². The van der Waals surface area contributed by atoms with E-state index in [0.717, 1.165) is 35.2 Å². The van der Waals surface area contributed by atoms with Crippen LogP contribution in [0.3, 0.4) is 0 Å². The van der Waals surface area contributed by atoms with Crippen molar-refractivity contribution in [2.45, 2.75) is 44.2 Å². The summed E-state index contributed by atoms with van der Waals surface area (Å²) >= 11 is 1.34. The van der Waals surface area contributed by atoms with Crippen molar-refractivity contribution in [3.05, 3.63) is 69.5 Å². The standard InChI is InChI=1S/C24H22F3NO3S/c25-24(26,27)19-5-2-1-4-18(19)20-14-32-22(28-20)6-3-11-31-21-12-15(13-23(29)30)7-10-17(21)16-8-9-16/h1-2,4-5,7,10,12,14,16H,3,6,8-9,11,13H2,(H,29,30). The maximum Gasteiger partial charge on any atom is 0.417 e. The maximum atomic E-state index is 13.3. The van der Waals surface area contributed by atoms with Gasteiger partial charge in [0.15, 0.2) is 0 Å². The van der Waals surface area contributed by atoms with Crippen LogP contribution in [0.15, 0.2) is 47.8 Å². The van der Waals surface area contributed by atoms with Crippen LogP contribution in [0.1, 0.15) is 46.9 Å². The van der Waals surface area contributed by atoms with Crippen molar-refractivity contribution in [1.82, 2.24) is 4.98 Å². The quantitative estimate of drug-likeness (QED) is 0.378. The van der Waals surface area contributed by atoms with E-state index in [9.17, 15) is 18.0 Å². The monoisotopic (exact) mass is 461 g/mol. The van der Waals surface area contributed by atoms with Crippen LogP contribution in [0.4, 0.5) is 13.2 Å². The molecule has 1 aromatic heterocycles. The molecular formula is C24H22F3NO3S. The zero-order valence-electron chi connectivity index (χ0n) is 17.2. The minimum atomic E-state index is -4.43. The first-order chi connectivity index (χ1) is 15.3. The van der Waals surface area contributed by atoms with Gasteiger partial charge in [0.2, 0.25) is 0 Å². The van der Waals surface area contributed by atoms with Crippen LogP contribution >= 0.6 is 11.3 Å². The van der Waals surface area contributed by atoms with Crippen LogP contribution in [0, 0.1) is 0 Å². The number of ether oxygens (including phenoxy) is 1. The van der Waals surface area contributed by atoms with Crippen molar-refractivity contribution in [1.29, 1.82) is 0 Å². The lowest BCUT2D eigenvalue weighted by molar-refractivity contribution is -0.137. The van der Waals surface area contributed by atoms with Gasteiger partial charge in [0.25, 0.3) is 0 Å². The minimum Gasteiger partial charge on any atom is -0.493 e. The van der Waals surface area contributed by atoms with Gasteiger partial charge < -0.3 is 9.84 Å². The molecule has 8 heteroatoms. The highest BCUT2D eigenvalue weighted by molar-refractivity contribution is 7.09. The van der Waals surface area contributed by atoms with Gasteiger partial charge in [-0.05, 0) is 48.4 Å². The van der Waals surface area contributed by atoms with Crippen LogP contribution in [0.5, 0.6) is 5.75 Å². The molecule has 0 aliphatic heterocycles. The summed E-state index contributed by atoms with van der Waals surface area (Å²) in [4.78, 5) is 15.4. The molecule has 0 radical (unpaired) electrons. The van der Waals surface area contributed by atoms with Gasteiger partial charge in [0.05, 0.1) is 29.3 Å². The van der Waals surface area contributed by atoms with Crippen molar-refractivity contribution in [2.75, 3.05) is 6.61 Å². The number of rotatable bonds is 9. The average molecular weight is 462 g/mol. The smallest absolute Gasteiger partial charge is 0.417 e. The fraction of sp³-hybridized carbons (Fsp3) is 0.333. The highest BCUT2D eigenvalue weighted by Crippen LogP contribution is 2.44. The third-order valence-electron chi connectivity index (χ3n) is 5.30. The van der Waals surface area contributed by atoms with E-state index in [2.05, 4.69) is 4.98 Å². The van der Waals surface area contributed by atoms with Crippen LogP contribution in [-0.4, -0.2) is 22.7 Å². The summed E-state index contributed by atoms with van der Waals surface area (Å²) in [6, 6.07) is 11.1. The first-order valence-electron chi connectivity index (χ1n) is 10.4. The fourth-order valence-corrected chi connectivity index (χ4v) is 4.47. The van der Waals surface area contributed by atoms with E-state index in [1.54, 1.807) is 17.5 Å². The summed E-state index contributed by atoms with van der Waals surface area (Å²) in [6.07, 6.45) is -1.02. The number of alkyl halides is 3. The van der Waals surface area contributed by atoms with Gasteiger partial charge in [0, 0.05) is 17.4 Å². The number of aryl methyl sites for hydroxylation is 1. The van der Waals surface area contributed by atoms with Crippen molar-refractivity contribution in [2.24, 2.45) is 0 Å². The molecular weight excluding hydrogens is 439 g/mol. The van der Waals surface area contributed by atoms with Gasteiger partial charge >= 0.3 is 12.1 Å². The number of nitrogens with zero attached hydrogens (tertiary/aromatic N) is 1. The van der Waals surface area contributed by atoms with Gasteiger partial charge in [-0.2, -0.15) is 13.2 Å². The third-order valence-corrected chi connectivity index (χ3v) is 6.21. The Morgan fingerprint density at radius 3 is 2.69 bits per heavy atom. The number of hydrogen-bond donors (Lipinski definition) is 1. The van der Waals surface area contributed by atoms with Crippen LogP contribution in [-0.2, 0) is 23.8 Å². The second-order valence-corrected chi connectivity index (χ2v) is 8.78. The number of hydrogen-bond acceptors (Lipinski definition) is 4. The maximum absolute atomic E-state index is 13.3. The van der Waals surface area contributed by atoms with Gasteiger partial charge in [-0.25, -0.2) is 4.98 Å². The van der Waals surface area contributed by atoms with Gasteiger partial charge in [-0.15, -0.1) is 11.3 Å². The highest BCUT2D eigenvalue weighted by atomic mass is 32.1. The molecule has 0 amide bonds. The van der Waals surface area contributed by atoms with Crippen molar-refractivity contribution < 1.29 is 27.8 Å². The van der Waals surface area contributed by atoms with Gasteiger partial charge in [-0.3, -0.25) is 4.79 Å². The van der Waals surface area contributed by atoms with E-state index in [-0.39, 0.29) is 12.0 Å². The summed E-state index contributed by atoms with van der Waals surface area (Å²) in [5.41, 5.74) is 1.54. The molecule has 1 fully saturated rings. The van der Waals surface area contributed by atoms with Crippen molar-refractivity contribution in [3.8, 4) is 17.0 Å². The Hall–Kier alpha value is -2.87. The second kappa shape index (κ2) is 9.32. The lowest BCUT2D eigenvalue weighted by Crippen LogP contribution is -2.07. The molecule has 1 heterocycles. The Balaban J connectivity index is 1.38. The summed E-state index contributed by atoms with van der Waals surface area (Å²) in [5, 5.41) is 11.4. The Morgan fingerprint density at radius 2 is 1.97 bits per heavy atom. The van der Waals surface area contributed by atoms with E-state index >= 15 is 0 Å². The molecule has 0 spiro atoms. The molecule has 4 nitrogen and oxygen atoms in total. The molecule has 168 valence electrons. The highest BCUT2D eigenvalue weighted by Gasteiger charge is 2.33. The fourth-order valence-electron chi connectivity index (χ4n) is 3.63. The molecule has 1 N–H and O–H groups in total. The van der Waals surface area contributed by atoms with E-state index < -0.39 is 17.7 Å². The third kappa shape index (κ3) is 5.48. The number of aromatic nitrogens is 1. The average Bonchev–Trinajstić information content (AvgIpc) is 3.48. The minimum absolute atomic E-state index is 0.0530. The first kappa shape index (κ1) is 22.3. The molecule has 4 rings (SSSR count). The molecule has 32 heavy (non-hydrogen) atoms. The first-order valence-corrected chi connectivity index (χ1v) is 11.3. The van der Waals surface area contributed by atoms with Crippen LogP contribution < -0.4 is 4.74 Å². The molecule has 1 aliphatic carbocycles. The van der Waals surface area contributed by atoms with Crippen LogP contribution in [0.25, 0.3) is 11.3 Å². The number of benzene rings is 2. The van der Waals surface area contributed by atoms with Crippen molar-refractivity contribution in [3.63, 3.8) is 0 Å². The Morgan fingerprint density at radius 1 is 1.19 bits per heavy atom. The number of carbonyl (C=O) groups is 1. The number of halogens is 3. The number of aliphatic carboxylic acids is 1. The molecule has 3 aromatic rings. The van der Waals surface area contributed by atoms with E-state index in [1.807, 2.05) is 12.1 Å². The number of carboxylic acids is 1. The van der Waals surface area contributed by atoms with Crippen molar-refractivity contribution >= 4 is 17.3 Å². The molecule has 0 atom stereocenters. The molecule has 0 saturated heterocycles. The summed E-state index contributed by atoms with van der Waals surface area (Å²) < 4.78 is 45.8. The zero-order chi connectivity index (χ0) is 22.7. The SMILES string of the molecule is O=C(O)Cc1ccc(C2CC2)c(OCCCc2nc(-c3ccccc3C(F)(F)F)cs2)c1. The largest absolute Gasteiger partial charge is 0.493 e. The van der Waals surface area contributed by atoms with E-state index in [1.165, 1.54) is 23.5 Å². The second-order valence-electron chi connectivity index (χ2n) is 7.84. The van der Waals surface area contributed by atoms with Gasteiger partial charge in [-0.1, -0.05) is 30.3 Å². The number of thiazole rings is 1. The predicted octanol–water partition coefficient (Wildman–Crippen LogP) is 6.35. The molecule has 0 bridgehead atoms. The summed E-state index contributed by atoms with van der Waals surface area (Å²) in [6.45, 7) is 0.421.